The molecule has 0 saturated heterocycles. The minimum absolute atomic E-state index is 0.0631. The molecule has 0 aliphatic rings. The Morgan fingerprint density at radius 2 is 1.91 bits per heavy atom. The molecule has 1 N–H and O–H groups in total. The highest BCUT2D eigenvalue weighted by Gasteiger charge is 2.15. The second-order valence-corrected chi connectivity index (χ2v) is 6.54. The molecule has 0 fully saturated rings. The largest absolute Gasteiger partial charge is 0.352 e. The number of rotatable bonds is 11. The first-order chi connectivity index (χ1) is 11.1. The van der Waals surface area contributed by atoms with Gasteiger partial charge in [0.15, 0.2) is 0 Å². The van der Waals surface area contributed by atoms with Crippen molar-refractivity contribution in [2.45, 2.75) is 71.6 Å². The predicted octanol–water partition coefficient (Wildman–Crippen LogP) is 5.76. The Bertz CT molecular complexity index is 493. The Labute approximate surface area is 142 Å². The van der Waals surface area contributed by atoms with E-state index in [0.717, 1.165) is 36.1 Å². The lowest BCUT2D eigenvalue weighted by molar-refractivity contribution is 0.0951. The first-order valence-corrected chi connectivity index (χ1v) is 9.09. The highest BCUT2D eigenvalue weighted by atomic mass is 16.1. The maximum Gasteiger partial charge on any atom is 0.251 e. The van der Waals surface area contributed by atoms with E-state index in [4.69, 9.17) is 0 Å². The molecular formula is C21H33NO. The summed E-state index contributed by atoms with van der Waals surface area (Å²) in [5.74, 6) is 0.385. The molecule has 1 atom stereocenters. The molecule has 0 bridgehead atoms. The summed E-state index contributed by atoms with van der Waals surface area (Å²) in [4.78, 5) is 12.5. The van der Waals surface area contributed by atoms with Crippen LogP contribution in [0.4, 0.5) is 0 Å². The summed E-state index contributed by atoms with van der Waals surface area (Å²) in [6, 6.07) is 6.17. The number of carbonyl (C=O) groups is 1. The van der Waals surface area contributed by atoms with Gasteiger partial charge in [-0.25, -0.2) is 0 Å². The van der Waals surface area contributed by atoms with Crippen LogP contribution in [0.5, 0.6) is 0 Å². The quantitative estimate of drug-likeness (QED) is 0.408. The van der Waals surface area contributed by atoms with E-state index in [1.165, 1.54) is 32.1 Å². The zero-order valence-electron chi connectivity index (χ0n) is 15.2. The fourth-order valence-corrected chi connectivity index (χ4v) is 2.88. The van der Waals surface area contributed by atoms with Crippen molar-refractivity contribution in [1.82, 2.24) is 5.32 Å². The van der Waals surface area contributed by atoms with E-state index in [2.05, 4.69) is 37.9 Å². The number of unbranched alkanes of at least 4 members (excludes halogenated alkanes) is 5. The van der Waals surface area contributed by atoms with Gasteiger partial charge in [0.1, 0.15) is 0 Å². The van der Waals surface area contributed by atoms with E-state index in [1.54, 1.807) is 0 Å². The van der Waals surface area contributed by atoms with Gasteiger partial charge in [0.25, 0.3) is 5.91 Å². The smallest absolute Gasteiger partial charge is 0.251 e. The van der Waals surface area contributed by atoms with Crippen LogP contribution in [-0.2, 0) is 0 Å². The lowest BCUT2D eigenvalue weighted by Crippen LogP contribution is -2.26. The van der Waals surface area contributed by atoms with Crippen LogP contribution in [0.25, 0.3) is 0 Å². The van der Waals surface area contributed by atoms with Crippen molar-refractivity contribution >= 4 is 5.91 Å². The average molecular weight is 316 g/mol. The summed E-state index contributed by atoms with van der Waals surface area (Å²) in [5, 5.41) is 3.09. The average Bonchev–Trinajstić information content (AvgIpc) is 2.54. The first kappa shape index (κ1) is 19.5. The molecule has 0 heterocycles. The second-order valence-electron chi connectivity index (χ2n) is 6.54. The van der Waals surface area contributed by atoms with Crippen LogP contribution in [0.2, 0.25) is 0 Å². The molecule has 1 aromatic rings. The van der Waals surface area contributed by atoms with Gasteiger partial charge in [0.05, 0.1) is 0 Å². The molecule has 1 amide bonds. The number of hydrogen-bond acceptors (Lipinski definition) is 1. The Hall–Kier alpha value is -1.57. The maximum atomic E-state index is 12.5. The van der Waals surface area contributed by atoms with Crippen molar-refractivity contribution in [1.29, 1.82) is 0 Å². The Kier molecular flexibility index (Phi) is 9.35. The highest BCUT2D eigenvalue weighted by Crippen LogP contribution is 2.24. The maximum absolute atomic E-state index is 12.5. The minimum Gasteiger partial charge on any atom is -0.352 e. The van der Waals surface area contributed by atoms with Crippen LogP contribution in [0, 0.1) is 6.92 Å². The molecule has 128 valence electrons. The van der Waals surface area contributed by atoms with Crippen LogP contribution < -0.4 is 5.32 Å². The lowest BCUT2D eigenvalue weighted by Gasteiger charge is -2.16. The van der Waals surface area contributed by atoms with E-state index >= 15 is 0 Å². The number of aryl methyl sites for hydroxylation is 1. The molecular weight excluding hydrogens is 282 g/mol. The molecule has 1 aromatic carbocycles. The number of benzene rings is 1. The molecule has 0 unspecified atom stereocenters. The minimum atomic E-state index is 0.0631. The summed E-state index contributed by atoms with van der Waals surface area (Å²) < 4.78 is 0. The molecule has 1 rings (SSSR count). The van der Waals surface area contributed by atoms with Crippen LogP contribution >= 0.6 is 0 Å². The van der Waals surface area contributed by atoms with Crippen LogP contribution in [-0.4, -0.2) is 12.5 Å². The molecule has 0 aliphatic carbocycles. The van der Waals surface area contributed by atoms with Crippen molar-refractivity contribution in [3.05, 3.63) is 47.5 Å². The molecule has 0 aliphatic heterocycles. The number of carbonyl (C=O) groups excluding carboxylic acids is 1. The van der Waals surface area contributed by atoms with E-state index in [-0.39, 0.29) is 5.91 Å². The third-order valence-electron chi connectivity index (χ3n) is 4.32. The van der Waals surface area contributed by atoms with Gasteiger partial charge in [-0.15, -0.1) is 6.58 Å². The second kappa shape index (κ2) is 11.0. The summed E-state index contributed by atoms with van der Waals surface area (Å²) in [6.07, 6.45) is 10.3. The molecule has 2 heteroatoms. The zero-order chi connectivity index (χ0) is 17.1. The van der Waals surface area contributed by atoms with Gasteiger partial charge in [-0.1, -0.05) is 69.7 Å². The number of allylic oxidation sites excluding steroid dienone is 1. The van der Waals surface area contributed by atoms with Gasteiger partial charge in [-0.05, 0) is 37.3 Å². The van der Waals surface area contributed by atoms with Crippen LogP contribution in [0.15, 0.2) is 30.9 Å². The molecule has 0 radical (unpaired) electrons. The summed E-state index contributed by atoms with van der Waals surface area (Å²) >= 11 is 0. The van der Waals surface area contributed by atoms with Gasteiger partial charge in [0, 0.05) is 12.1 Å². The Balaban J connectivity index is 2.54. The van der Waals surface area contributed by atoms with Gasteiger partial charge in [-0.2, -0.15) is 0 Å². The third kappa shape index (κ3) is 7.02. The monoisotopic (exact) mass is 315 g/mol. The molecule has 23 heavy (non-hydrogen) atoms. The van der Waals surface area contributed by atoms with E-state index in [1.807, 2.05) is 19.1 Å². The van der Waals surface area contributed by atoms with Gasteiger partial charge >= 0.3 is 0 Å². The number of nitrogens with one attached hydrogen (secondary N) is 1. The lowest BCUT2D eigenvalue weighted by atomic mass is 9.91. The highest BCUT2D eigenvalue weighted by molar-refractivity contribution is 5.96. The van der Waals surface area contributed by atoms with E-state index in [0.29, 0.717) is 5.92 Å². The fourth-order valence-electron chi connectivity index (χ4n) is 2.88. The Morgan fingerprint density at radius 1 is 1.22 bits per heavy atom. The normalized spacial score (nSPS) is 12.0. The van der Waals surface area contributed by atoms with Gasteiger partial charge in [0.2, 0.25) is 0 Å². The standard InChI is InChI=1S/C21H33NO/c1-5-7-8-9-10-11-15-22-21(23)20-16-17(3)13-14-19(20)18(4)12-6-2/h6,13-14,16,18H,2,5,7-12,15H2,1,3-4H3,(H,22,23)/t18-/m0/s1. The first-order valence-electron chi connectivity index (χ1n) is 9.09. The summed E-state index contributed by atoms with van der Waals surface area (Å²) in [6.45, 7) is 11.0. The van der Waals surface area contributed by atoms with Crippen molar-refractivity contribution in [2.75, 3.05) is 6.54 Å². The number of amides is 1. The fraction of sp³-hybridized carbons (Fsp3) is 0.571. The molecule has 0 saturated carbocycles. The van der Waals surface area contributed by atoms with E-state index < -0.39 is 0 Å². The van der Waals surface area contributed by atoms with Crippen molar-refractivity contribution in [3.8, 4) is 0 Å². The molecule has 0 spiro atoms. The summed E-state index contributed by atoms with van der Waals surface area (Å²) in [7, 11) is 0. The van der Waals surface area contributed by atoms with Crippen LogP contribution in [0.3, 0.4) is 0 Å². The van der Waals surface area contributed by atoms with Gasteiger partial charge < -0.3 is 5.32 Å². The summed E-state index contributed by atoms with van der Waals surface area (Å²) in [5.41, 5.74) is 3.07. The topological polar surface area (TPSA) is 29.1 Å². The Morgan fingerprint density at radius 3 is 2.61 bits per heavy atom. The molecule has 0 aromatic heterocycles. The predicted molar refractivity (Wildman–Crippen MR) is 100 cm³/mol. The zero-order valence-corrected chi connectivity index (χ0v) is 15.2. The van der Waals surface area contributed by atoms with E-state index in [9.17, 15) is 4.79 Å². The molecule has 2 nitrogen and oxygen atoms in total. The van der Waals surface area contributed by atoms with Crippen LogP contribution in [0.1, 0.15) is 86.2 Å². The van der Waals surface area contributed by atoms with Gasteiger partial charge in [-0.3, -0.25) is 4.79 Å². The van der Waals surface area contributed by atoms with Crippen molar-refractivity contribution in [2.24, 2.45) is 0 Å². The van der Waals surface area contributed by atoms with Crippen molar-refractivity contribution in [3.63, 3.8) is 0 Å². The third-order valence-corrected chi connectivity index (χ3v) is 4.32. The number of hydrogen-bond donors (Lipinski definition) is 1. The van der Waals surface area contributed by atoms with Crippen molar-refractivity contribution < 1.29 is 4.79 Å². The SMILES string of the molecule is C=CC[C@H](C)c1ccc(C)cc1C(=O)NCCCCCCCC.